The fourth-order valence-corrected chi connectivity index (χ4v) is 3.55. The maximum atomic E-state index is 5.21. The van der Waals surface area contributed by atoms with Gasteiger partial charge >= 0.3 is 0 Å². The Labute approximate surface area is 122 Å². The van der Waals surface area contributed by atoms with E-state index in [4.69, 9.17) is 4.74 Å². The normalized spacial score (nSPS) is 22.2. The molecular formula is C17H26N2O. The van der Waals surface area contributed by atoms with E-state index < -0.39 is 0 Å². The van der Waals surface area contributed by atoms with Crippen LogP contribution < -0.4 is 4.74 Å². The molecule has 0 N–H and O–H groups in total. The van der Waals surface area contributed by atoms with Crippen molar-refractivity contribution in [1.82, 2.24) is 9.80 Å². The predicted octanol–water partition coefficient (Wildman–Crippen LogP) is 2.76. The van der Waals surface area contributed by atoms with Crippen molar-refractivity contribution >= 4 is 0 Å². The first kappa shape index (κ1) is 13.9. The summed E-state index contributed by atoms with van der Waals surface area (Å²) in [5.74, 6) is 0.944. The van der Waals surface area contributed by atoms with Gasteiger partial charge in [0.15, 0.2) is 0 Å². The topological polar surface area (TPSA) is 15.7 Å². The molecule has 2 aliphatic rings. The Morgan fingerprint density at radius 1 is 1.00 bits per heavy atom. The molecule has 3 heteroatoms. The van der Waals surface area contributed by atoms with Crippen LogP contribution in [0.1, 0.15) is 31.2 Å². The van der Waals surface area contributed by atoms with Crippen LogP contribution in [-0.2, 0) is 6.54 Å². The molecule has 0 amide bonds. The summed E-state index contributed by atoms with van der Waals surface area (Å²) < 4.78 is 5.21. The maximum absolute atomic E-state index is 5.21. The van der Waals surface area contributed by atoms with Crippen LogP contribution in [0.2, 0.25) is 0 Å². The van der Waals surface area contributed by atoms with Crippen molar-refractivity contribution in [2.24, 2.45) is 0 Å². The van der Waals surface area contributed by atoms with E-state index in [1.807, 2.05) is 0 Å². The first-order valence-corrected chi connectivity index (χ1v) is 7.94. The van der Waals surface area contributed by atoms with E-state index >= 15 is 0 Å². The van der Waals surface area contributed by atoms with Gasteiger partial charge in [0.05, 0.1) is 7.11 Å². The quantitative estimate of drug-likeness (QED) is 0.839. The average Bonchev–Trinajstić information content (AvgIpc) is 3.03. The van der Waals surface area contributed by atoms with Gasteiger partial charge in [-0.15, -0.1) is 0 Å². The van der Waals surface area contributed by atoms with Gasteiger partial charge in [-0.3, -0.25) is 9.80 Å². The molecule has 0 unspecified atom stereocenters. The Morgan fingerprint density at radius 2 is 1.65 bits per heavy atom. The van der Waals surface area contributed by atoms with Crippen molar-refractivity contribution in [3.05, 3.63) is 29.8 Å². The number of methoxy groups -OCH3 is 1. The standard InChI is InChI=1S/C17H26N2O/c1-20-17-8-6-15(7-9-17)14-18-10-12-19(13-11-18)16-4-2-3-5-16/h6-9,16H,2-5,10-14H2,1H3. The van der Waals surface area contributed by atoms with Crippen molar-refractivity contribution in [2.45, 2.75) is 38.3 Å². The van der Waals surface area contributed by atoms with Crippen LogP contribution in [0.3, 0.4) is 0 Å². The van der Waals surface area contributed by atoms with Gasteiger partial charge in [0.2, 0.25) is 0 Å². The summed E-state index contributed by atoms with van der Waals surface area (Å²) in [6.45, 7) is 6.00. The predicted molar refractivity (Wildman–Crippen MR) is 82.1 cm³/mol. The number of hydrogen-bond acceptors (Lipinski definition) is 3. The molecule has 1 saturated heterocycles. The van der Waals surface area contributed by atoms with Gasteiger partial charge in [0, 0.05) is 38.8 Å². The van der Waals surface area contributed by atoms with Crippen LogP contribution in [-0.4, -0.2) is 49.1 Å². The monoisotopic (exact) mass is 274 g/mol. The van der Waals surface area contributed by atoms with Crippen LogP contribution in [0.25, 0.3) is 0 Å². The largest absolute Gasteiger partial charge is 0.497 e. The third-order valence-corrected chi connectivity index (χ3v) is 4.81. The summed E-state index contributed by atoms with van der Waals surface area (Å²) in [5.41, 5.74) is 1.39. The summed E-state index contributed by atoms with van der Waals surface area (Å²) in [6, 6.07) is 9.37. The van der Waals surface area contributed by atoms with Gasteiger partial charge < -0.3 is 4.74 Å². The van der Waals surface area contributed by atoms with E-state index in [9.17, 15) is 0 Å². The van der Waals surface area contributed by atoms with Crippen LogP contribution in [0, 0.1) is 0 Å². The molecule has 2 fully saturated rings. The van der Waals surface area contributed by atoms with Gasteiger partial charge in [0.25, 0.3) is 0 Å². The van der Waals surface area contributed by atoms with E-state index in [0.717, 1.165) is 18.3 Å². The molecule has 1 aliphatic carbocycles. The molecule has 1 heterocycles. The third-order valence-electron chi connectivity index (χ3n) is 4.81. The van der Waals surface area contributed by atoms with E-state index in [0.29, 0.717) is 0 Å². The summed E-state index contributed by atoms with van der Waals surface area (Å²) in [5, 5.41) is 0. The number of hydrogen-bond donors (Lipinski definition) is 0. The summed E-state index contributed by atoms with van der Waals surface area (Å²) in [4.78, 5) is 5.30. The number of benzene rings is 1. The van der Waals surface area contributed by atoms with Crippen molar-refractivity contribution in [3.63, 3.8) is 0 Å². The lowest BCUT2D eigenvalue weighted by molar-refractivity contribution is 0.0937. The average molecular weight is 274 g/mol. The molecule has 110 valence electrons. The zero-order valence-electron chi connectivity index (χ0n) is 12.6. The van der Waals surface area contributed by atoms with Gasteiger partial charge in [-0.1, -0.05) is 25.0 Å². The van der Waals surface area contributed by atoms with Crippen LogP contribution >= 0.6 is 0 Å². The van der Waals surface area contributed by atoms with Crippen molar-refractivity contribution in [2.75, 3.05) is 33.3 Å². The third kappa shape index (κ3) is 3.33. The lowest BCUT2D eigenvalue weighted by atomic mass is 10.1. The minimum atomic E-state index is 0.887. The van der Waals surface area contributed by atoms with E-state index in [-0.39, 0.29) is 0 Å². The molecule has 1 aliphatic heterocycles. The van der Waals surface area contributed by atoms with Crippen molar-refractivity contribution in [1.29, 1.82) is 0 Å². The Balaban J connectivity index is 1.47. The minimum Gasteiger partial charge on any atom is -0.497 e. The molecule has 1 aromatic carbocycles. The molecule has 1 aromatic rings. The molecule has 20 heavy (non-hydrogen) atoms. The molecule has 0 radical (unpaired) electrons. The number of piperazine rings is 1. The Hall–Kier alpha value is -1.06. The lowest BCUT2D eigenvalue weighted by Crippen LogP contribution is -2.49. The first-order valence-electron chi connectivity index (χ1n) is 7.94. The summed E-state index contributed by atoms with van der Waals surface area (Å²) in [6.07, 6.45) is 5.74. The highest BCUT2D eigenvalue weighted by molar-refractivity contribution is 5.27. The van der Waals surface area contributed by atoms with Crippen molar-refractivity contribution in [3.8, 4) is 5.75 Å². The van der Waals surface area contributed by atoms with Crippen molar-refractivity contribution < 1.29 is 4.74 Å². The SMILES string of the molecule is COc1ccc(CN2CCN(C3CCCC3)CC2)cc1. The van der Waals surface area contributed by atoms with Gasteiger partial charge in [-0.2, -0.15) is 0 Å². The molecule has 0 bridgehead atoms. The highest BCUT2D eigenvalue weighted by Crippen LogP contribution is 2.24. The second-order valence-electron chi connectivity index (χ2n) is 6.10. The minimum absolute atomic E-state index is 0.887. The maximum Gasteiger partial charge on any atom is 0.118 e. The van der Waals surface area contributed by atoms with Crippen LogP contribution in [0.15, 0.2) is 24.3 Å². The van der Waals surface area contributed by atoms with Gasteiger partial charge in [0.1, 0.15) is 5.75 Å². The van der Waals surface area contributed by atoms with Gasteiger partial charge in [-0.05, 0) is 30.5 Å². The highest BCUT2D eigenvalue weighted by atomic mass is 16.5. The molecule has 0 atom stereocenters. The fraction of sp³-hybridized carbons (Fsp3) is 0.647. The van der Waals surface area contributed by atoms with E-state index in [1.165, 1.54) is 57.4 Å². The Morgan fingerprint density at radius 3 is 2.25 bits per heavy atom. The zero-order chi connectivity index (χ0) is 13.8. The summed E-state index contributed by atoms with van der Waals surface area (Å²) >= 11 is 0. The molecule has 3 rings (SSSR count). The second-order valence-corrected chi connectivity index (χ2v) is 6.10. The smallest absolute Gasteiger partial charge is 0.118 e. The number of rotatable bonds is 4. The van der Waals surface area contributed by atoms with Crippen LogP contribution in [0.5, 0.6) is 5.75 Å². The van der Waals surface area contributed by atoms with Crippen LogP contribution in [0.4, 0.5) is 0 Å². The molecule has 1 saturated carbocycles. The molecule has 0 aromatic heterocycles. The summed E-state index contributed by atoms with van der Waals surface area (Å²) in [7, 11) is 1.72. The van der Waals surface area contributed by atoms with Gasteiger partial charge in [-0.25, -0.2) is 0 Å². The number of ether oxygens (including phenoxy) is 1. The fourth-order valence-electron chi connectivity index (χ4n) is 3.55. The molecular weight excluding hydrogens is 248 g/mol. The highest BCUT2D eigenvalue weighted by Gasteiger charge is 2.25. The Kier molecular flexibility index (Phi) is 4.58. The van der Waals surface area contributed by atoms with E-state index in [1.54, 1.807) is 7.11 Å². The van der Waals surface area contributed by atoms with E-state index in [2.05, 4.69) is 34.1 Å². The number of nitrogens with zero attached hydrogens (tertiary/aromatic N) is 2. The molecule has 0 spiro atoms. The second kappa shape index (κ2) is 6.59. The lowest BCUT2D eigenvalue weighted by Gasteiger charge is -2.38. The zero-order valence-corrected chi connectivity index (χ0v) is 12.6. The Bertz CT molecular complexity index is 404. The first-order chi connectivity index (χ1) is 9.85. The molecule has 3 nitrogen and oxygen atoms in total.